The normalized spacial score (nSPS) is 20.6. The quantitative estimate of drug-likeness (QED) is 0.608. The van der Waals surface area contributed by atoms with Gasteiger partial charge in [-0.2, -0.15) is 4.31 Å². The monoisotopic (exact) mass is 488 g/mol. The van der Waals surface area contributed by atoms with Crippen LogP contribution >= 0.6 is 0 Å². The van der Waals surface area contributed by atoms with E-state index >= 15 is 0 Å². The maximum atomic E-state index is 14.1. The molecule has 1 unspecified atom stereocenters. The van der Waals surface area contributed by atoms with Crippen molar-refractivity contribution in [2.75, 3.05) is 26.2 Å². The first-order valence-electron chi connectivity index (χ1n) is 11.5. The average molecular weight is 489 g/mol. The number of piperidine rings is 2. The number of carbonyl (C=O) groups excluding carboxylic acids is 1. The fourth-order valence-electron chi connectivity index (χ4n) is 4.98. The van der Waals surface area contributed by atoms with Gasteiger partial charge in [-0.25, -0.2) is 22.2 Å². The van der Waals surface area contributed by atoms with Crippen LogP contribution in [0.25, 0.3) is 11.0 Å². The van der Waals surface area contributed by atoms with Crippen LogP contribution in [0.1, 0.15) is 37.4 Å². The zero-order valence-electron chi connectivity index (χ0n) is 18.6. The minimum Gasteiger partial charge on any atom is -0.342 e. The first kappa shape index (κ1) is 22.9. The number of halogens is 2. The molecule has 1 atom stereocenters. The second-order valence-electron chi connectivity index (χ2n) is 9.02. The highest BCUT2D eigenvalue weighted by Gasteiger charge is 2.36. The molecule has 3 aromatic rings. The zero-order chi connectivity index (χ0) is 23.9. The number of H-pyrrole nitrogens is 1. The van der Waals surface area contributed by atoms with Crippen molar-refractivity contribution in [2.24, 2.45) is 5.92 Å². The molecule has 2 fully saturated rings. The Morgan fingerprint density at radius 3 is 2.56 bits per heavy atom. The van der Waals surface area contributed by atoms with Crippen LogP contribution in [0.2, 0.25) is 0 Å². The fourth-order valence-corrected chi connectivity index (χ4v) is 6.53. The highest BCUT2D eigenvalue weighted by Crippen LogP contribution is 2.31. The Balaban J connectivity index is 1.23. The van der Waals surface area contributed by atoms with Gasteiger partial charge in [0.15, 0.2) is 0 Å². The number of rotatable bonds is 4. The van der Waals surface area contributed by atoms with Crippen molar-refractivity contribution >= 4 is 27.0 Å². The summed E-state index contributed by atoms with van der Waals surface area (Å²) in [7, 11) is -4.17. The number of nitrogens with zero attached hydrogens (tertiary/aromatic N) is 3. The molecule has 2 aliphatic rings. The lowest BCUT2D eigenvalue weighted by atomic mass is 9.92. The number of nitrogens with one attached hydrogen (secondary N) is 1. The van der Waals surface area contributed by atoms with Crippen molar-refractivity contribution < 1.29 is 22.0 Å². The Morgan fingerprint density at radius 2 is 1.79 bits per heavy atom. The molecule has 2 saturated heterocycles. The zero-order valence-corrected chi connectivity index (χ0v) is 19.4. The Kier molecular flexibility index (Phi) is 6.11. The summed E-state index contributed by atoms with van der Waals surface area (Å²) in [5, 5.41) is 0. The first-order chi connectivity index (χ1) is 16.3. The molecule has 1 N–H and O–H groups in total. The molecular formula is C24H26F2N4O3S. The number of amides is 1. The molecule has 0 aliphatic carbocycles. The predicted octanol–water partition coefficient (Wildman–Crippen LogP) is 3.65. The molecule has 0 bridgehead atoms. The van der Waals surface area contributed by atoms with E-state index in [1.165, 1.54) is 0 Å². The van der Waals surface area contributed by atoms with Crippen LogP contribution in [-0.4, -0.2) is 59.7 Å². The van der Waals surface area contributed by atoms with Gasteiger partial charge in [0.05, 0.1) is 11.0 Å². The van der Waals surface area contributed by atoms with E-state index in [-0.39, 0.29) is 30.8 Å². The minimum atomic E-state index is -4.17. The molecule has 3 heterocycles. The number of fused-ring (bicyclic) bond motifs is 1. The molecule has 2 aliphatic heterocycles. The molecule has 180 valence electrons. The molecule has 10 heteroatoms. The largest absolute Gasteiger partial charge is 0.342 e. The van der Waals surface area contributed by atoms with E-state index < -0.39 is 26.6 Å². The van der Waals surface area contributed by atoms with E-state index in [0.717, 1.165) is 46.1 Å². The molecule has 0 spiro atoms. The number of benzene rings is 2. The van der Waals surface area contributed by atoms with E-state index in [9.17, 15) is 22.0 Å². The van der Waals surface area contributed by atoms with E-state index in [1.807, 2.05) is 29.2 Å². The molecule has 1 amide bonds. The van der Waals surface area contributed by atoms with Gasteiger partial charge in [-0.1, -0.05) is 12.1 Å². The van der Waals surface area contributed by atoms with Gasteiger partial charge in [0.1, 0.15) is 22.4 Å². The lowest BCUT2D eigenvalue weighted by Crippen LogP contribution is -2.47. The van der Waals surface area contributed by atoms with Gasteiger partial charge in [-0.15, -0.1) is 0 Å². The van der Waals surface area contributed by atoms with E-state index in [1.54, 1.807) is 0 Å². The third-order valence-corrected chi connectivity index (χ3v) is 8.76. The third-order valence-electron chi connectivity index (χ3n) is 6.84. The predicted molar refractivity (Wildman–Crippen MR) is 122 cm³/mol. The summed E-state index contributed by atoms with van der Waals surface area (Å²) in [6.07, 6.45) is 2.51. The number of hydrogen-bond acceptors (Lipinski definition) is 4. The minimum absolute atomic E-state index is 0.0230. The SMILES string of the molecule is O=C(C1CCN(S(=O)(=O)c2cc(F)ccc2F)CC1)N1CCCC(c2nc3ccccc3[nH]2)C1. The van der Waals surface area contributed by atoms with E-state index in [4.69, 9.17) is 4.98 Å². The van der Waals surface area contributed by atoms with E-state index in [2.05, 4.69) is 4.98 Å². The maximum Gasteiger partial charge on any atom is 0.246 e. The van der Waals surface area contributed by atoms with Crippen molar-refractivity contribution in [1.82, 2.24) is 19.2 Å². The van der Waals surface area contributed by atoms with Gasteiger partial charge in [0.25, 0.3) is 0 Å². The van der Waals surface area contributed by atoms with Crippen LogP contribution in [0.5, 0.6) is 0 Å². The Morgan fingerprint density at radius 1 is 1.03 bits per heavy atom. The van der Waals surface area contributed by atoms with Gasteiger partial charge in [0.2, 0.25) is 15.9 Å². The highest BCUT2D eigenvalue weighted by atomic mass is 32.2. The average Bonchev–Trinajstić information content (AvgIpc) is 3.30. The number of carbonyl (C=O) groups is 1. The van der Waals surface area contributed by atoms with Crippen molar-refractivity contribution in [1.29, 1.82) is 0 Å². The second kappa shape index (κ2) is 9.07. The number of sulfonamides is 1. The maximum absolute atomic E-state index is 14.1. The van der Waals surface area contributed by atoms with Crippen molar-refractivity contribution in [3.63, 3.8) is 0 Å². The molecular weight excluding hydrogens is 462 g/mol. The summed E-state index contributed by atoms with van der Waals surface area (Å²) >= 11 is 0. The number of hydrogen-bond donors (Lipinski definition) is 1. The van der Waals surface area contributed by atoms with Crippen LogP contribution in [0.4, 0.5) is 8.78 Å². The molecule has 5 rings (SSSR count). The van der Waals surface area contributed by atoms with Crippen LogP contribution in [-0.2, 0) is 14.8 Å². The number of likely N-dealkylation sites (tertiary alicyclic amines) is 1. The molecule has 34 heavy (non-hydrogen) atoms. The van der Waals surface area contributed by atoms with Gasteiger partial charge in [-0.05, 0) is 56.0 Å². The summed E-state index contributed by atoms with van der Waals surface area (Å²) < 4.78 is 54.4. The standard InChI is InChI=1S/C24H26F2N4O3S/c25-18-7-8-19(26)22(14-18)34(32,33)30-12-9-16(10-13-30)24(31)29-11-3-4-17(15-29)23-27-20-5-1-2-6-21(20)28-23/h1-2,5-8,14,16-17H,3-4,9-13,15H2,(H,27,28). The third kappa shape index (κ3) is 4.32. The van der Waals surface area contributed by atoms with Crippen LogP contribution < -0.4 is 0 Å². The van der Waals surface area contributed by atoms with Gasteiger partial charge in [0, 0.05) is 38.0 Å². The van der Waals surface area contributed by atoms with E-state index in [0.29, 0.717) is 32.0 Å². The van der Waals surface area contributed by atoms with Crippen LogP contribution in [0.15, 0.2) is 47.4 Å². The summed E-state index contributed by atoms with van der Waals surface area (Å²) in [4.78, 5) is 22.5. The summed E-state index contributed by atoms with van der Waals surface area (Å²) in [5.74, 6) is -1.05. The van der Waals surface area contributed by atoms with Crippen molar-refractivity contribution in [3.05, 3.63) is 59.9 Å². The Labute approximate surface area is 196 Å². The Bertz CT molecular complexity index is 1290. The van der Waals surface area contributed by atoms with Gasteiger partial charge in [-0.3, -0.25) is 4.79 Å². The number of imidazole rings is 1. The molecule has 1 aromatic heterocycles. The highest BCUT2D eigenvalue weighted by molar-refractivity contribution is 7.89. The summed E-state index contributed by atoms with van der Waals surface area (Å²) in [6, 6.07) is 10.2. The molecule has 2 aromatic carbocycles. The lowest BCUT2D eigenvalue weighted by molar-refractivity contribution is -0.138. The first-order valence-corrected chi connectivity index (χ1v) is 13.0. The molecule has 7 nitrogen and oxygen atoms in total. The summed E-state index contributed by atoms with van der Waals surface area (Å²) in [5.41, 5.74) is 1.88. The number of aromatic nitrogens is 2. The van der Waals surface area contributed by atoms with Gasteiger partial charge >= 0.3 is 0 Å². The number of para-hydroxylation sites is 2. The molecule has 0 saturated carbocycles. The van der Waals surface area contributed by atoms with Crippen molar-refractivity contribution in [3.8, 4) is 0 Å². The van der Waals surface area contributed by atoms with Crippen LogP contribution in [0.3, 0.4) is 0 Å². The molecule has 0 radical (unpaired) electrons. The topological polar surface area (TPSA) is 86.4 Å². The van der Waals surface area contributed by atoms with Gasteiger partial charge < -0.3 is 9.88 Å². The van der Waals surface area contributed by atoms with Crippen LogP contribution in [0, 0.1) is 17.6 Å². The van der Waals surface area contributed by atoms with Crippen molar-refractivity contribution in [2.45, 2.75) is 36.5 Å². The second-order valence-corrected chi connectivity index (χ2v) is 10.9. The lowest BCUT2D eigenvalue weighted by Gasteiger charge is -2.37. The number of aromatic amines is 1. The fraction of sp³-hybridized carbons (Fsp3) is 0.417. The smallest absolute Gasteiger partial charge is 0.246 e. The summed E-state index contributed by atoms with van der Waals surface area (Å²) in [6.45, 7) is 1.43. The Hall–Kier alpha value is -2.85.